The molecular formula is C18H22N2OS. The van der Waals surface area contributed by atoms with E-state index in [1.54, 1.807) is 11.3 Å². The summed E-state index contributed by atoms with van der Waals surface area (Å²) in [5, 5.41) is 2.00. The molecule has 22 heavy (non-hydrogen) atoms. The molecule has 4 heteroatoms. The van der Waals surface area contributed by atoms with Crippen LogP contribution < -0.4 is 4.90 Å². The Morgan fingerprint density at radius 3 is 2.45 bits per heavy atom. The van der Waals surface area contributed by atoms with Crippen LogP contribution in [0, 0.1) is 6.92 Å². The van der Waals surface area contributed by atoms with Crippen molar-refractivity contribution >= 4 is 22.9 Å². The van der Waals surface area contributed by atoms with Crippen LogP contribution in [-0.2, 0) is 0 Å². The van der Waals surface area contributed by atoms with Crippen LogP contribution in [0.5, 0.6) is 0 Å². The maximum Gasteiger partial charge on any atom is 0.264 e. The molecule has 0 radical (unpaired) electrons. The van der Waals surface area contributed by atoms with Crippen LogP contribution in [0.3, 0.4) is 0 Å². The summed E-state index contributed by atoms with van der Waals surface area (Å²) in [5.41, 5.74) is 2.35. The van der Waals surface area contributed by atoms with E-state index in [1.807, 2.05) is 29.3 Å². The first-order chi connectivity index (χ1) is 10.7. The Bertz CT molecular complexity index is 630. The Morgan fingerprint density at radius 1 is 1.18 bits per heavy atom. The number of amides is 1. The van der Waals surface area contributed by atoms with Gasteiger partial charge in [-0.3, -0.25) is 4.79 Å². The molecule has 116 valence electrons. The summed E-state index contributed by atoms with van der Waals surface area (Å²) in [4.78, 5) is 17.8. The number of hydrogen-bond donors (Lipinski definition) is 0. The highest BCUT2D eigenvalue weighted by molar-refractivity contribution is 7.12. The third-order valence-corrected chi connectivity index (χ3v) is 5.52. The molecule has 0 N–H and O–H groups in total. The van der Waals surface area contributed by atoms with Crippen molar-refractivity contribution in [3.8, 4) is 0 Å². The Kier molecular flexibility index (Phi) is 4.48. The van der Waals surface area contributed by atoms with Gasteiger partial charge in [0, 0.05) is 31.9 Å². The molecule has 1 aromatic carbocycles. The smallest absolute Gasteiger partial charge is 0.264 e. The molecule has 1 aromatic heterocycles. The number of rotatable bonds is 3. The number of para-hydroxylation sites is 1. The lowest BCUT2D eigenvalue weighted by atomic mass is 10.0. The summed E-state index contributed by atoms with van der Waals surface area (Å²) in [6.45, 7) is 3.70. The molecule has 0 atom stereocenters. The highest BCUT2D eigenvalue weighted by atomic mass is 32.1. The van der Waals surface area contributed by atoms with Gasteiger partial charge in [-0.2, -0.15) is 0 Å². The second-order valence-corrected chi connectivity index (χ2v) is 6.82. The van der Waals surface area contributed by atoms with E-state index >= 15 is 0 Å². The monoisotopic (exact) mass is 314 g/mol. The first-order valence-electron chi connectivity index (χ1n) is 7.78. The minimum Gasteiger partial charge on any atom is -0.371 e. The average molecular weight is 314 g/mol. The summed E-state index contributed by atoms with van der Waals surface area (Å²) in [5.74, 6) is 0.202. The Morgan fingerprint density at radius 2 is 1.86 bits per heavy atom. The van der Waals surface area contributed by atoms with Crippen molar-refractivity contribution in [1.29, 1.82) is 0 Å². The van der Waals surface area contributed by atoms with Crippen LogP contribution in [0.1, 0.15) is 28.1 Å². The van der Waals surface area contributed by atoms with E-state index in [4.69, 9.17) is 0 Å². The van der Waals surface area contributed by atoms with Gasteiger partial charge in [0.05, 0.1) is 4.88 Å². The van der Waals surface area contributed by atoms with Crippen molar-refractivity contribution in [3.05, 3.63) is 52.2 Å². The number of piperidine rings is 1. The summed E-state index contributed by atoms with van der Waals surface area (Å²) in [6.07, 6.45) is 2.06. The molecule has 0 aliphatic carbocycles. The molecule has 0 spiro atoms. The van der Waals surface area contributed by atoms with Crippen molar-refractivity contribution in [2.75, 3.05) is 25.0 Å². The van der Waals surface area contributed by atoms with Crippen LogP contribution >= 0.6 is 11.3 Å². The maximum atomic E-state index is 12.6. The molecule has 0 bridgehead atoms. The first kappa shape index (κ1) is 15.1. The molecular weight excluding hydrogens is 292 g/mol. The largest absolute Gasteiger partial charge is 0.371 e. The molecule has 3 rings (SSSR count). The summed E-state index contributed by atoms with van der Waals surface area (Å²) in [6, 6.07) is 13.0. The van der Waals surface area contributed by atoms with E-state index in [1.165, 1.54) is 5.69 Å². The Balaban J connectivity index is 1.61. The van der Waals surface area contributed by atoms with E-state index in [0.717, 1.165) is 36.4 Å². The number of benzene rings is 1. The van der Waals surface area contributed by atoms with Crippen LogP contribution in [0.15, 0.2) is 41.8 Å². The predicted octanol–water partition coefficient (Wildman–Crippen LogP) is 3.80. The van der Waals surface area contributed by atoms with E-state index in [-0.39, 0.29) is 5.91 Å². The van der Waals surface area contributed by atoms with Gasteiger partial charge in [-0.15, -0.1) is 11.3 Å². The number of nitrogens with zero attached hydrogens (tertiary/aromatic N) is 2. The van der Waals surface area contributed by atoms with Gasteiger partial charge in [0.2, 0.25) is 0 Å². The van der Waals surface area contributed by atoms with Gasteiger partial charge in [0.15, 0.2) is 0 Å². The van der Waals surface area contributed by atoms with Crippen LogP contribution in [-0.4, -0.2) is 37.0 Å². The van der Waals surface area contributed by atoms with E-state index < -0.39 is 0 Å². The van der Waals surface area contributed by atoms with Crippen molar-refractivity contribution in [2.24, 2.45) is 0 Å². The topological polar surface area (TPSA) is 23.6 Å². The molecule has 0 saturated carbocycles. The second-order valence-electron chi connectivity index (χ2n) is 5.90. The maximum absolute atomic E-state index is 12.6. The van der Waals surface area contributed by atoms with Crippen molar-refractivity contribution in [1.82, 2.24) is 4.90 Å². The summed E-state index contributed by atoms with van der Waals surface area (Å²) >= 11 is 1.55. The highest BCUT2D eigenvalue weighted by Gasteiger charge is 2.27. The van der Waals surface area contributed by atoms with Crippen molar-refractivity contribution < 1.29 is 4.79 Å². The van der Waals surface area contributed by atoms with Gasteiger partial charge in [0.1, 0.15) is 0 Å². The van der Waals surface area contributed by atoms with E-state index in [9.17, 15) is 4.79 Å². The second kappa shape index (κ2) is 6.53. The number of thiophene rings is 1. The standard InChI is InChI=1S/C18H22N2OS/c1-14-10-13-22-17(14)18(21)20-11-8-16(9-12-20)19(2)15-6-4-3-5-7-15/h3-7,10,13,16H,8-9,11-12H2,1-2H3. The number of carbonyl (C=O) groups excluding carboxylic acids is 1. The zero-order valence-electron chi connectivity index (χ0n) is 13.2. The van der Waals surface area contributed by atoms with E-state index in [0.29, 0.717) is 6.04 Å². The molecule has 1 aliphatic rings. The lowest BCUT2D eigenvalue weighted by Gasteiger charge is -2.37. The number of carbonyl (C=O) groups is 1. The fraction of sp³-hybridized carbons (Fsp3) is 0.389. The predicted molar refractivity (Wildman–Crippen MR) is 92.8 cm³/mol. The third-order valence-electron chi connectivity index (χ3n) is 4.52. The highest BCUT2D eigenvalue weighted by Crippen LogP contribution is 2.24. The van der Waals surface area contributed by atoms with Gasteiger partial charge in [0.25, 0.3) is 5.91 Å². The number of hydrogen-bond acceptors (Lipinski definition) is 3. The quantitative estimate of drug-likeness (QED) is 0.860. The van der Waals surface area contributed by atoms with Crippen LogP contribution in [0.2, 0.25) is 0 Å². The lowest BCUT2D eigenvalue weighted by molar-refractivity contribution is 0.0717. The fourth-order valence-electron chi connectivity index (χ4n) is 3.07. The molecule has 2 aromatic rings. The number of likely N-dealkylation sites (tertiary alicyclic amines) is 1. The summed E-state index contributed by atoms with van der Waals surface area (Å²) in [7, 11) is 2.15. The minimum absolute atomic E-state index is 0.202. The zero-order valence-corrected chi connectivity index (χ0v) is 14.0. The molecule has 3 nitrogen and oxygen atoms in total. The number of anilines is 1. The molecule has 1 aliphatic heterocycles. The Labute approximate surface area is 136 Å². The van der Waals surface area contributed by atoms with Crippen molar-refractivity contribution in [3.63, 3.8) is 0 Å². The first-order valence-corrected chi connectivity index (χ1v) is 8.66. The van der Waals surface area contributed by atoms with Crippen LogP contribution in [0.25, 0.3) is 0 Å². The molecule has 1 amide bonds. The van der Waals surface area contributed by atoms with E-state index in [2.05, 4.69) is 36.2 Å². The van der Waals surface area contributed by atoms with Gasteiger partial charge in [-0.25, -0.2) is 0 Å². The number of aryl methyl sites for hydroxylation is 1. The SMILES string of the molecule is Cc1ccsc1C(=O)N1CCC(N(C)c2ccccc2)CC1. The Hall–Kier alpha value is -1.81. The molecule has 1 saturated heterocycles. The van der Waals surface area contributed by atoms with Gasteiger partial charge >= 0.3 is 0 Å². The third kappa shape index (κ3) is 3.02. The summed E-state index contributed by atoms with van der Waals surface area (Å²) < 4.78 is 0. The van der Waals surface area contributed by atoms with Crippen LogP contribution in [0.4, 0.5) is 5.69 Å². The minimum atomic E-state index is 0.202. The molecule has 1 fully saturated rings. The zero-order chi connectivity index (χ0) is 15.5. The van der Waals surface area contributed by atoms with Crippen molar-refractivity contribution in [2.45, 2.75) is 25.8 Å². The molecule has 0 unspecified atom stereocenters. The van der Waals surface area contributed by atoms with Gasteiger partial charge < -0.3 is 9.80 Å². The average Bonchev–Trinajstić information content (AvgIpc) is 3.00. The normalized spacial score (nSPS) is 15.8. The fourth-order valence-corrected chi connectivity index (χ4v) is 3.96. The van der Waals surface area contributed by atoms with Gasteiger partial charge in [-0.1, -0.05) is 18.2 Å². The molecule has 2 heterocycles. The lowest BCUT2D eigenvalue weighted by Crippen LogP contribution is -2.45. The van der Waals surface area contributed by atoms with Gasteiger partial charge in [-0.05, 0) is 48.9 Å².